The van der Waals surface area contributed by atoms with E-state index < -0.39 is 10.9 Å². The normalized spacial score (nSPS) is 15.4. The first kappa shape index (κ1) is 13.3. The number of aromatic carboxylic acids is 1. The molecular formula is C13H15NO5. The molecule has 1 fully saturated rings. The number of carboxylic acids is 1. The fraction of sp³-hybridized carbons (Fsp3) is 0.462. The summed E-state index contributed by atoms with van der Waals surface area (Å²) in [5, 5.41) is 19.9. The molecule has 1 aliphatic carbocycles. The summed E-state index contributed by atoms with van der Waals surface area (Å²) in [6.07, 6.45) is 3.99. The second-order valence-electron chi connectivity index (χ2n) is 4.71. The molecule has 1 saturated carbocycles. The van der Waals surface area contributed by atoms with Crippen LogP contribution in [0.25, 0.3) is 0 Å². The summed E-state index contributed by atoms with van der Waals surface area (Å²) in [5.74, 6) is -0.891. The van der Waals surface area contributed by atoms with Crippen LogP contribution >= 0.6 is 0 Å². The van der Waals surface area contributed by atoms with Gasteiger partial charge in [-0.25, -0.2) is 4.79 Å². The van der Waals surface area contributed by atoms with Crippen molar-refractivity contribution in [2.75, 3.05) is 0 Å². The Morgan fingerprint density at radius 1 is 1.42 bits per heavy atom. The maximum Gasteiger partial charge on any atom is 0.336 e. The van der Waals surface area contributed by atoms with E-state index in [1.807, 2.05) is 0 Å². The Labute approximate surface area is 110 Å². The monoisotopic (exact) mass is 265 g/mol. The predicted molar refractivity (Wildman–Crippen MR) is 67.7 cm³/mol. The van der Waals surface area contributed by atoms with Crippen molar-refractivity contribution in [3.8, 4) is 5.75 Å². The van der Waals surface area contributed by atoms with E-state index in [1.54, 1.807) is 6.92 Å². The first-order chi connectivity index (χ1) is 8.99. The molecular weight excluding hydrogens is 250 g/mol. The molecule has 6 heteroatoms. The van der Waals surface area contributed by atoms with E-state index in [2.05, 4.69) is 0 Å². The third-order valence-electron chi connectivity index (χ3n) is 3.37. The Morgan fingerprint density at radius 2 is 2.05 bits per heavy atom. The van der Waals surface area contributed by atoms with Gasteiger partial charge in [-0.1, -0.05) is 0 Å². The Morgan fingerprint density at radius 3 is 2.58 bits per heavy atom. The number of hydrogen-bond donors (Lipinski definition) is 1. The van der Waals surface area contributed by atoms with Crippen LogP contribution in [0, 0.1) is 17.0 Å². The van der Waals surface area contributed by atoms with Crippen molar-refractivity contribution in [2.24, 2.45) is 0 Å². The van der Waals surface area contributed by atoms with Crippen molar-refractivity contribution in [3.63, 3.8) is 0 Å². The van der Waals surface area contributed by atoms with E-state index in [0.717, 1.165) is 31.7 Å². The number of benzene rings is 1. The molecule has 1 N–H and O–H groups in total. The van der Waals surface area contributed by atoms with E-state index in [-0.39, 0.29) is 17.4 Å². The number of nitrogens with zero attached hydrogens (tertiary/aromatic N) is 1. The Bertz CT molecular complexity index is 520. The minimum absolute atomic E-state index is 0.0300. The fourth-order valence-electron chi connectivity index (χ4n) is 2.29. The number of rotatable bonds is 4. The topological polar surface area (TPSA) is 89.7 Å². The molecule has 1 aromatic carbocycles. The van der Waals surface area contributed by atoms with Gasteiger partial charge in [-0.15, -0.1) is 0 Å². The van der Waals surface area contributed by atoms with Crippen LogP contribution in [0.4, 0.5) is 5.69 Å². The summed E-state index contributed by atoms with van der Waals surface area (Å²) in [5.41, 5.74) is 0.0418. The van der Waals surface area contributed by atoms with Gasteiger partial charge in [0.25, 0.3) is 5.69 Å². The third kappa shape index (κ3) is 2.83. The molecule has 19 heavy (non-hydrogen) atoms. The highest BCUT2D eigenvalue weighted by Crippen LogP contribution is 2.32. The zero-order valence-electron chi connectivity index (χ0n) is 10.6. The molecule has 1 aliphatic rings. The van der Waals surface area contributed by atoms with Gasteiger partial charge in [0.05, 0.1) is 22.2 Å². The van der Waals surface area contributed by atoms with E-state index in [0.29, 0.717) is 11.3 Å². The van der Waals surface area contributed by atoms with Gasteiger partial charge in [-0.05, 0) is 38.7 Å². The SMILES string of the molecule is Cc1c(OC2CCCC2)cc(C(=O)O)cc1[N+](=O)[O-]. The number of carboxylic acid groups (broad SMARTS) is 1. The van der Waals surface area contributed by atoms with E-state index in [9.17, 15) is 14.9 Å². The number of carbonyl (C=O) groups is 1. The summed E-state index contributed by atoms with van der Waals surface area (Å²) >= 11 is 0. The summed E-state index contributed by atoms with van der Waals surface area (Å²) in [7, 11) is 0. The molecule has 0 saturated heterocycles. The molecule has 6 nitrogen and oxygen atoms in total. The molecule has 0 spiro atoms. The lowest BCUT2D eigenvalue weighted by Crippen LogP contribution is -2.13. The lowest BCUT2D eigenvalue weighted by molar-refractivity contribution is -0.385. The van der Waals surface area contributed by atoms with Gasteiger partial charge < -0.3 is 9.84 Å². The van der Waals surface area contributed by atoms with Gasteiger partial charge in [-0.3, -0.25) is 10.1 Å². The van der Waals surface area contributed by atoms with Crippen molar-refractivity contribution in [2.45, 2.75) is 38.7 Å². The molecule has 0 aromatic heterocycles. The van der Waals surface area contributed by atoms with Gasteiger partial charge in [0.2, 0.25) is 0 Å². The molecule has 0 amide bonds. The average molecular weight is 265 g/mol. The minimum Gasteiger partial charge on any atom is -0.490 e. The first-order valence-electron chi connectivity index (χ1n) is 6.18. The van der Waals surface area contributed by atoms with Crippen LogP contribution in [0.3, 0.4) is 0 Å². The zero-order valence-corrected chi connectivity index (χ0v) is 10.6. The Balaban J connectivity index is 2.39. The van der Waals surface area contributed by atoms with Crippen molar-refractivity contribution in [1.82, 2.24) is 0 Å². The summed E-state index contributed by atoms with van der Waals surface area (Å²) in [6.45, 7) is 1.58. The minimum atomic E-state index is -1.20. The quantitative estimate of drug-likeness (QED) is 0.667. The summed E-state index contributed by atoms with van der Waals surface area (Å²) in [4.78, 5) is 21.4. The highest BCUT2D eigenvalue weighted by Gasteiger charge is 2.23. The highest BCUT2D eigenvalue weighted by atomic mass is 16.6. The number of hydrogen-bond acceptors (Lipinski definition) is 4. The van der Waals surface area contributed by atoms with E-state index in [4.69, 9.17) is 9.84 Å². The lowest BCUT2D eigenvalue weighted by atomic mass is 10.1. The Kier molecular flexibility index (Phi) is 3.69. The van der Waals surface area contributed by atoms with Crippen LogP contribution in [0.1, 0.15) is 41.6 Å². The van der Waals surface area contributed by atoms with Crippen molar-refractivity contribution in [3.05, 3.63) is 33.4 Å². The van der Waals surface area contributed by atoms with E-state index >= 15 is 0 Å². The number of nitro benzene ring substituents is 1. The third-order valence-corrected chi connectivity index (χ3v) is 3.37. The van der Waals surface area contributed by atoms with Gasteiger partial charge >= 0.3 is 5.97 Å². The fourth-order valence-corrected chi connectivity index (χ4v) is 2.29. The standard InChI is InChI=1S/C13H15NO5/c1-8-11(14(17)18)6-9(13(15)16)7-12(8)19-10-4-2-3-5-10/h6-7,10H,2-5H2,1H3,(H,15,16). The number of nitro groups is 1. The zero-order chi connectivity index (χ0) is 14.0. The van der Waals surface area contributed by atoms with Gasteiger partial charge in [0, 0.05) is 6.07 Å². The van der Waals surface area contributed by atoms with Crippen LogP contribution < -0.4 is 4.74 Å². The average Bonchev–Trinajstić information content (AvgIpc) is 2.83. The molecule has 1 aromatic rings. The maximum atomic E-state index is 11.0. The molecule has 0 heterocycles. The molecule has 0 radical (unpaired) electrons. The summed E-state index contributed by atoms with van der Waals surface area (Å²) < 4.78 is 5.72. The van der Waals surface area contributed by atoms with E-state index in [1.165, 1.54) is 6.07 Å². The largest absolute Gasteiger partial charge is 0.490 e. The second kappa shape index (κ2) is 5.26. The second-order valence-corrected chi connectivity index (χ2v) is 4.71. The predicted octanol–water partition coefficient (Wildman–Crippen LogP) is 2.92. The van der Waals surface area contributed by atoms with Crippen LogP contribution in [-0.2, 0) is 0 Å². The Hall–Kier alpha value is -2.11. The van der Waals surface area contributed by atoms with Crippen molar-refractivity contribution in [1.29, 1.82) is 0 Å². The molecule has 2 rings (SSSR count). The maximum absolute atomic E-state index is 11.0. The number of ether oxygens (including phenoxy) is 1. The van der Waals surface area contributed by atoms with Crippen molar-refractivity contribution < 1.29 is 19.6 Å². The smallest absolute Gasteiger partial charge is 0.336 e. The first-order valence-corrected chi connectivity index (χ1v) is 6.18. The van der Waals surface area contributed by atoms with Gasteiger partial charge in [-0.2, -0.15) is 0 Å². The molecule has 0 atom stereocenters. The van der Waals surface area contributed by atoms with Crippen LogP contribution in [0.2, 0.25) is 0 Å². The van der Waals surface area contributed by atoms with Crippen molar-refractivity contribution >= 4 is 11.7 Å². The highest BCUT2D eigenvalue weighted by molar-refractivity contribution is 5.89. The van der Waals surface area contributed by atoms with Gasteiger partial charge in [0.15, 0.2) is 0 Å². The molecule has 0 unspecified atom stereocenters. The summed E-state index contributed by atoms with van der Waals surface area (Å²) in [6, 6.07) is 2.43. The molecule has 0 bridgehead atoms. The molecule has 0 aliphatic heterocycles. The van der Waals surface area contributed by atoms with Gasteiger partial charge in [0.1, 0.15) is 5.75 Å². The van der Waals surface area contributed by atoms with Crippen LogP contribution in [0.15, 0.2) is 12.1 Å². The van der Waals surface area contributed by atoms with Crippen LogP contribution in [-0.4, -0.2) is 22.1 Å². The lowest BCUT2D eigenvalue weighted by Gasteiger charge is -2.15. The molecule has 102 valence electrons. The van der Waals surface area contributed by atoms with Crippen LogP contribution in [0.5, 0.6) is 5.75 Å².